The molecule has 6 nitrogen and oxygen atoms in total. The van der Waals surface area contributed by atoms with Crippen molar-refractivity contribution in [3.05, 3.63) is 24.3 Å². The molecule has 510 valence electrons. The molecule has 0 aliphatic heterocycles. The van der Waals surface area contributed by atoms with Crippen molar-refractivity contribution >= 4 is 11.9 Å². The Labute approximate surface area is 539 Å². The van der Waals surface area contributed by atoms with E-state index in [1.54, 1.807) is 6.08 Å². The van der Waals surface area contributed by atoms with Crippen LogP contribution in [0.2, 0.25) is 0 Å². The van der Waals surface area contributed by atoms with Crippen LogP contribution in [0.25, 0.3) is 0 Å². The number of hydrogen-bond acceptors (Lipinski definition) is 5. The van der Waals surface area contributed by atoms with E-state index in [4.69, 9.17) is 4.74 Å². The van der Waals surface area contributed by atoms with Crippen molar-refractivity contribution in [3.8, 4) is 0 Å². The Balaban J connectivity index is 3.38. The minimum absolute atomic E-state index is 0.0199. The molecule has 0 bridgehead atoms. The van der Waals surface area contributed by atoms with Crippen LogP contribution >= 0.6 is 0 Å². The van der Waals surface area contributed by atoms with Gasteiger partial charge in [-0.05, 0) is 57.8 Å². The molecular formula is C80H155NO5. The second-order valence-electron chi connectivity index (χ2n) is 27.4. The maximum absolute atomic E-state index is 12.6. The molecule has 0 aromatic heterocycles. The maximum Gasteiger partial charge on any atom is 0.305 e. The van der Waals surface area contributed by atoms with Gasteiger partial charge < -0.3 is 20.3 Å². The largest absolute Gasteiger partial charge is 0.466 e. The Bertz CT molecular complexity index is 1350. The second kappa shape index (κ2) is 75.8. The fourth-order valence-corrected chi connectivity index (χ4v) is 12.7. The number of allylic oxidation sites excluding steroid dienone is 3. The Morgan fingerprint density at radius 2 is 0.547 bits per heavy atom. The molecule has 3 N–H and O–H groups in total. The van der Waals surface area contributed by atoms with Crippen molar-refractivity contribution < 1.29 is 24.5 Å². The van der Waals surface area contributed by atoms with E-state index in [2.05, 4.69) is 31.3 Å². The molecule has 86 heavy (non-hydrogen) atoms. The SMILES string of the molecule is CCCCCCCCCCCCCCCCCCCCCCCCC/C=C/C(O)C(CO)NC(=O)CCCCCCCCCCCCCCCCC/C=C\CCCCCCCCCCCCCCOC(=O)CCCCCCCCCCCCCCC. The van der Waals surface area contributed by atoms with E-state index < -0.39 is 12.1 Å². The molecule has 2 unspecified atom stereocenters. The number of aliphatic hydroxyl groups excluding tert-OH is 2. The summed E-state index contributed by atoms with van der Waals surface area (Å²) in [7, 11) is 0. The average Bonchev–Trinajstić information content (AvgIpc) is 3.56. The van der Waals surface area contributed by atoms with Crippen LogP contribution in [-0.4, -0.2) is 47.4 Å². The maximum atomic E-state index is 12.6. The van der Waals surface area contributed by atoms with E-state index in [0.717, 1.165) is 38.5 Å². The number of unbranched alkanes of at least 4 members (excludes halogenated alkanes) is 62. The lowest BCUT2D eigenvalue weighted by Crippen LogP contribution is -2.45. The summed E-state index contributed by atoms with van der Waals surface area (Å²) in [6, 6.07) is -0.628. The average molecular weight is 1210 g/mol. The minimum atomic E-state index is -0.844. The monoisotopic (exact) mass is 1210 g/mol. The Morgan fingerprint density at radius 3 is 0.826 bits per heavy atom. The summed E-state index contributed by atoms with van der Waals surface area (Å²) in [6.45, 7) is 4.96. The highest BCUT2D eigenvalue weighted by atomic mass is 16.5. The van der Waals surface area contributed by atoms with Crippen molar-refractivity contribution in [1.82, 2.24) is 5.32 Å². The van der Waals surface area contributed by atoms with Gasteiger partial charge in [-0.25, -0.2) is 0 Å². The van der Waals surface area contributed by atoms with Crippen LogP contribution in [-0.2, 0) is 14.3 Å². The first-order valence-corrected chi connectivity index (χ1v) is 39.6. The quantitative estimate of drug-likeness (QED) is 0.0320. The third kappa shape index (κ3) is 71.4. The van der Waals surface area contributed by atoms with Crippen LogP contribution in [0.1, 0.15) is 450 Å². The zero-order valence-corrected chi connectivity index (χ0v) is 58.6. The zero-order chi connectivity index (χ0) is 62.0. The van der Waals surface area contributed by atoms with Gasteiger partial charge in [0.25, 0.3) is 0 Å². The van der Waals surface area contributed by atoms with E-state index in [1.165, 1.54) is 385 Å². The van der Waals surface area contributed by atoms with Gasteiger partial charge in [0.15, 0.2) is 0 Å². The van der Waals surface area contributed by atoms with Crippen LogP contribution < -0.4 is 5.32 Å². The smallest absolute Gasteiger partial charge is 0.305 e. The lowest BCUT2D eigenvalue weighted by Gasteiger charge is -2.20. The van der Waals surface area contributed by atoms with Crippen LogP contribution in [0.15, 0.2) is 24.3 Å². The van der Waals surface area contributed by atoms with Gasteiger partial charge in [0.2, 0.25) is 5.91 Å². The van der Waals surface area contributed by atoms with Crippen molar-refractivity contribution in [3.63, 3.8) is 0 Å². The third-order valence-corrected chi connectivity index (χ3v) is 18.7. The summed E-state index contributed by atoms with van der Waals surface area (Å²) < 4.78 is 5.49. The van der Waals surface area contributed by atoms with Gasteiger partial charge >= 0.3 is 5.97 Å². The molecule has 0 fully saturated rings. The zero-order valence-electron chi connectivity index (χ0n) is 58.6. The first-order valence-electron chi connectivity index (χ1n) is 39.6. The van der Waals surface area contributed by atoms with Crippen LogP contribution in [0.5, 0.6) is 0 Å². The molecule has 1 amide bonds. The predicted octanol–water partition coefficient (Wildman–Crippen LogP) is 26.0. The number of ether oxygens (including phenoxy) is 1. The summed E-state index contributed by atoms with van der Waals surface area (Å²) in [5.74, 6) is -0.0405. The van der Waals surface area contributed by atoms with Crippen molar-refractivity contribution in [2.75, 3.05) is 13.2 Å². The fraction of sp³-hybridized carbons (Fsp3) is 0.925. The minimum Gasteiger partial charge on any atom is -0.466 e. The number of esters is 1. The molecule has 0 spiro atoms. The number of carbonyl (C=O) groups is 2. The summed E-state index contributed by atoms with van der Waals surface area (Å²) >= 11 is 0. The molecule has 0 aliphatic rings. The highest BCUT2D eigenvalue weighted by molar-refractivity contribution is 5.76. The molecule has 0 saturated heterocycles. The first-order chi connectivity index (χ1) is 42.5. The van der Waals surface area contributed by atoms with Crippen molar-refractivity contribution in [2.24, 2.45) is 0 Å². The molecule has 0 heterocycles. The van der Waals surface area contributed by atoms with Gasteiger partial charge in [0, 0.05) is 12.8 Å². The van der Waals surface area contributed by atoms with Gasteiger partial charge in [-0.15, -0.1) is 0 Å². The van der Waals surface area contributed by atoms with Gasteiger partial charge in [0.1, 0.15) is 0 Å². The molecule has 0 aromatic rings. The van der Waals surface area contributed by atoms with Crippen LogP contribution in [0.4, 0.5) is 0 Å². The highest BCUT2D eigenvalue weighted by Crippen LogP contribution is 2.20. The summed E-state index contributed by atoms with van der Waals surface area (Å²) in [5, 5.41) is 23.3. The molecule has 0 aliphatic carbocycles. The molecular weight excluding hydrogens is 1050 g/mol. The van der Waals surface area contributed by atoms with E-state index in [-0.39, 0.29) is 18.5 Å². The predicted molar refractivity (Wildman–Crippen MR) is 380 cm³/mol. The molecule has 0 saturated carbocycles. The second-order valence-corrected chi connectivity index (χ2v) is 27.4. The number of nitrogens with one attached hydrogen (secondary N) is 1. The Kier molecular flexibility index (Phi) is 74.3. The molecule has 2 atom stereocenters. The van der Waals surface area contributed by atoms with Crippen LogP contribution in [0.3, 0.4) is 0 Å². The molecule has 0 rings (SSSR count). The standard InChI is InChI=1S/C80H155NO5/c1-3-5-7-9-11-13-15-17-18-19-20-21-22-30-33-36-39-42-45-49-52-56-60-64-68-72-78(83)77(76-82)81-79(84)73-69-65-61-57-53-50-46-43-40-37-34-31-28-26-24-23-25-27-29-32-35-38-41-44-47-51-55-59-63-67-71-75-86-80(85)74-70-66-62-58-54-48-16-14-12-10-8-6-4-2/h25,27,68,72,77-78,82-83H,3-24,26,28-67,69-71,73-76H2,1-2H3,(H,81,84)/b27-25-,72-68+. The number of carbonyl (C=O) groups excluding carboxylic acids is 2. The Hall–Kier alpha value is -1.66. The normalized spacial score (nSPS) is 12.6. The van der Waals surface area contributed by atoms with Crippen LogP contribution in [0, 0.1) is 0 Å². The molecule has 6 heteroatoms. The van der Waals surface area contributed by atoms with Crippen molar-refractivity contribution in [1.29, 1.82) is 0 Å². The number of hydrogen-bond donors (Lipinski definition) is 3. The first kappa shape index (κ1) is 84.3. The number of rotatable bonds is 75. The fourth-order valence-electron chi connectivity index (χ4n) is 12.7. The van der Waals surface area contributed by atoms with Gasteiger partial charge in [-0.1, -0.05) is 404 Å². The summed E-state index contributed by atoms with van der Waals surface area (Å²) in [4.78, 5) is 24.6. The van der Waals surface area contributed by atoms with E-state index in [9.17, 15) is 19.8 Å². The lowest BCUT2D eigenvalue weighted by atomic mass is 10.0. The third-order valence-electron chi connectivity index (χ3n) is 18.7. The Morgan fingerprint density at radius 1 is 0.314 bits per heavy atom. The summed E-state index contributed by atoms with van der Waals surface area (Å²) in [6.07, 6.45) is 97.3. The highest BCUT2D eigenvalue weighted by Gasteiger charge is 2.18. The molecule has 0 aromatic carbocycles. The summed E-state index contributed by atoms with van der Waals surface area (Å²) in [5.41, 5.74) is 0. The topological polar surface area (TPSA) is 95.9 Å². The lowest BCUT2D eigenvalue weighted by molar-refractivity contribution is -0.143. The van der Waals surface area contributed by atoms with Gasteiger partial charge in [-0.3, -0.25) is 9.59 Å². The molecule has 0 radical (unpaired) electrons. The van der Waals surface area contributed by atoms with E-state index >= 15 is 0 Å². The van der Waals surface area contributed by atoms with Gasteiger partial charge in [-0.2, -0.15) is 0 Å². The van der Waals surface area contributed by atoms with Crippen molar-refractivity contribution in [2.45, 2.75) is 463 Å². The number of amides is 1. The van der Waals surface area contributed by atoms with E-state index in [1.807, 2.05) is 6.08 Å². The van der Waals surface area contributed by atoms with Gasteiger partial charge in [0.05, 0.1) is 25.4 Å². The number of aliphatic hydroxyl groups is 2. The van der Waals surface area contributed by atoms with E-state index in [0.29, 0.717) is 19.4 Å².